The first kappa shape index (κ1) is 16.1. The Morgan fingerprint density at radius 2 is 1.76 bits per heavy atom. The summed E-state index contributed by atoms with van der Waals surface area (Å²) in [5, 5.41) is 9.40. The van der Waals surface area contributed by atoms with Crippen LogP contribution in [0.15, 0.2) is 12.1 Å². The van der Waals surface area contributed by atoms with E-state index in [-0.39, 0.29) is 29.8 Å². The number of carbonyl (C=O) groups excluding carboxylic acids is 2. The second kappa shape index (κ2) is 5.58. The number of Topliss-reactive ketones (excluding diaryl/α,β-unsaturated/α-hetero) is 1. The van der Waals surface area contributed by atoms with Crippen LogP contribution in [-0.4, -0.2) is 50.8 Å². The highest BCUT2D eigenvalue weighted by Gasteiger charge is 2.47. The number of hydrogen-bond donors (Lipinski definition) is 1. The lowest BCUT2D eigenvalue weighted by molar-refractivity contribution is 0.0450. The van der Waals surface area contributed by atoms with E-state index >= 15 is 0 Å². The number of hydrogen-bond acceptors (Lipinski definition) is 3. The van der Waals surface area contributed by atoms with Crippen LogP contribution in [0.4, 0.5) is 4.79 Å². The molecule has 3 heterocycles. The molecular formula is C19H22N2O4. The van der Waals surface area contributed by atoms with Gasteiger partial charge in [0.1, 0.15) is 0 Å². The molecule has 0 aromatic heterocycles. The highest BCUT2D eigenvalue weighted by molar-refractivity contribution is 6.04. The van der Waals surface area contributed by atoms with Crippen molar-refractivity contribution in [3.8, 4) is 0 Å². The van der Waals surface area contributed by atoms with E-state index in [0.717, 1.165) is 24.0 Å². The third kappa shape index (κ3) is 2.42. The van der Waals surface area contributed by atoms with E-state index in [2.05, 4.69) is 0 Å². The standard InChI is InChI=1S/C19H22N2O4/c1-10-5-15(11(2)22)17-9-20(18(23)16(17)6-10)14-7-12-3-4-13(8-14)21(12)19(24)25/h5-6,12-14H,3-4,7-9H2,1-2H3,(H,24,25). The smallest absolute Gasteiger partial charge is 0.407 e. The summed E-state index contributed by atoms with van der Waals surface area (Å²) in [5.74, 6) is -0.0373. The second-order valence-electron chi connectivity index (χ2n) is 7.53. The molecule has 0 aliphatic carbocycles. The van der Waals surface area contributed by atoms with Crippen molar-refractivity contribution in [3.63, 3.8) is 0 Å². The minimum Gasteiger partial charge on any atom is -0.465 e. The minimum atomic E-state index is -0.850. The molecular weight excluding hydrogens is 320 g/mol. The van der Waals surface area contributed by atoms with Crippen LogP contribution in [0.3, 0.4) is 0 Å². The van der Waals surface area contributed by atoms with Gasteiger partial charge in [-0.25, -0.2) is 4.79 Å². The summed E-state index contributed by atoms with van der Waals surface area (Å²) in [6.45, 7) is 3.89. The maximum atomic E-state index is 13.0. The fourth-order valence-electron chi connectivity index (χ4n) is 4.90. The van der Waals surface area contributed by atoms with E-state index < -0.39 is 6.09 Å². The SMILES string of the molecule is CC(=O)c1cc(C)cc2c1CN(C1CC3CCC(C1)N3C(=O)O)C2=O. The van der Waals surface area contributed by atoms with E-state index in [4.69, 9.17) is 0 Å². The predicted octanol–water partition coefficient (Wildman–Crippen LogP) is 2.83. The molecule has 0 saturated carbocycles. The lowest BCUT2D eigenvalue weighted by Gasteiger charge is -2.40. The summed E-state index contributed by atoms with van der Waals surface area (Å²) in [6, 6.07) is 3.78. The van der Waals surface area contributed by atoms with Gasteiger partial charge in [0.25, 0.3) is 5.91 Å². The zero-order chi connectivity index (χ0) is 17.9. The van der Waals surface area contributed by atoms with Gasteiger partial charge in [-0.3, -0.25) is 9.59 Å². The van der Waals surface area contributed by atoms with Crippen LogP contribution < -0.4 is 0 Å². The van der Waals surface area contributed by atoms with Gasteiger partial charge in [-0.05, 0) is 62.8 Å². The summed E-state index contributed by atoms with van der Waals surface area (Å²) in [5.41, 5.74) is 3.02. The van der Waals surface area contributed by atoms with Gasteiger partial charge < -0.3 is 14.9 Å². The van der Waals surface area contributed by atoms with Gasteiger partial charge in [-0.2, -0.15) is 0 Å². The van der Waals surface area contributed by atoms with E-state index in [9.17, 15) is 19.5 Å². The van der Waals surface area contributed by atoms with Gasteiger partial charge in [-0.15, -0.1) is 0 Å². The van der Waals surface area contributed by atoms with Crippen molar-refractivity contribution in [1.82, 2.24) is 9.80 Å². The topological polar surface area (TPSA) is 77.9 Å². The zero-order valence-corrected chi connectivity index (χ0v) is 14.5. The summed E-state index contributed by atoms with van der Waals surface area (Å²) in [4.78, 5) is 39.8. The van der Waals surface area contributed by atoms with Crippen LogP contribution in [0.25, 0.3) is 0 Å². The quantitative estimate of drug-likeness (QED) is 0.838. The molecule has 0 spiro atoms. The van der Waals surface area contributed by atoms with E-state index in [0.29, 0.717) is 30.5 Å². The average molecular weight is 342 g/mol. The molecule has 1 N–H and O–H groups in total. The van der Waals surface area contributed by atoms with Gasteiger partial charge in [-0.1, -0.05) is 0 Å². The maximum absolute atomic E-state index is 13.0. The van der Waals surface area contributed by atoms with Gasteiger partial charge in [0.05, 0.1) is 0 Å². The number of nitrogens with zero attached hydrogens (tertiary/aromatic N) is 2. The van der Waals surface area contributed by atoms with Crippen LogP contribution in [0.5, 0.6) is 0 Å². The molecule has 132 valence electrons. The van der Waals surface area contributed by atoms with Crippen LogP contribution in [-0.2, 0) is 6.54 Å². The molecule has 4 rings (SSSR count). The molecule has 3 aliphatic heterocycles. The van der Waals surface area contributed by atoms with Gasteiger partial charge in [0.2, 0.25) is 0 Å². The number of carbonyl (C=O) groups is 3. The van der Waals surface area contributed by atoms with Crippen LogP contribution in [0.2, 0.25) is 0 Å². The Bertz CT molecular complexity index is 774. The summed E-state index contributed by atoms with van der Waals surface area (Å²) in [7, 11) is 0. The summed E-state index contributed by atoms with van der Waals surface area (Å²) >= 11 is 0. The van der Waals surface area contributed by atoms with Gasteiger partial charge >= 0.3 is 6.09 Å². The number of fused-ring (bicyclic) bond motifs is 3. The Morgan fingerprint density at radius 1 is 1.12 bits per heavy atom. The number of aryl methyl sites for hydroxylation is 1. The highest BCUT2D eigenvalue weighted by atomic mass is 16.4. The molecule has 2 amide bonds. The fraction of sp³-hybridized carbons (Fsp3) is 0.526. The van der Waals surface area contributed by atoms with Crippen molar-refractivity contribution >= 4 is 17.8 Å². The molecule has 2 unspecified atom stereocenters. The molecule has 3 aliphatic rings. The molecule has 2 saturated heterocycles. The molecule has 2 fully saturated rings. The Morgan fingerprint density at radius 3 is 2.32 bits per heavy atom. The molecule has 6 heteroatoms. The molecule has 6 nitrogen and oxygen atoms in total. The monoisotopic (exact) mass is 342 g/mol. The Balaban J connectivity index is 1.62. The Labute approximate surface area is 146 Å². The van der Waals surface area contributed by atoms with Crippen LogP contribution >= 0.6 is 0 Å². The van der Waals surface area contributed by atoms with Crippen molar-refractivity contribution in [1.29, 1.82) is 0 Å². The Hall–Kier alpha value is -2.37. The number of ketones is 1. The van der Waals surface area contributed by atoms with Crippen LogP contribution in [0.1, 0.15) is 64.4 Å². The molecule has 2 bridgehead atoms. The number of carboxylic acid groups (broad SMARTS) is 1. The van der Waals surface area contributed by atoms with Crippen molar-refractivity contribution in [2.24, 2.45) is 0 Å². The number of piperidine rings is 1. The van der Waals surface area contributed by atoms with Crippen molar-refractivity contribution < 1.29 is 19.5 Å². The predicted molar refractivity (Wildman–Crippen MR) is 90.8 cm³/mol. The summed E-state index contributed by atoms with van der Waals surface area (Å²) in [6.07, 6.45) is 2.28. The third-order valence-electron chi connectivity index (χ3n) is 5.96. The lowest BCUT2D eigenvalue weighted by Crippen LogP contribution is -2.52. The maximum Gasteiger partial charge on any atom is 0.407 e. The normalized spacial score (nSPS) is 27.6. The highest BCUT2D eigenvalue weighted by Crippen LogP contribution is 2.40. The molecule has 2 atom stereocenters. The molecule has 1 aromatic rings. The molecule has 0 radical (unpaired) electrons. The number of benzene rings is 1. The Kier molecular flexibility index (Phi) is 3.60. The van der Waals surface area contributed by atoms with Crippen molar-refractivity contribution in [2.45, 2.75) is 64.2 Å². The second-order valence-corrected chi connectivity index (χ2v) is 7.53. The summed E-state index contributed by atoms with van der Waals surface area (Å²) < 4.78 is 0. The average Bonchev–Trinajstić information content (AvgIpc) is 3.01. The van der Waals surface area contributed by atoms with Crippen molar-refractivity contribution in [3.05, 3.63) is 34.4 Å². The molecule has 1 aromatic carbocycles. The first-order valence-corrected chi connectivity index (χ1v) is 8.83. The minimum absolute atomic E-state index is 0.00627. The first-order valence-electron chi connectivity index (χ1n) is 8.83. The van der Waals surface area contributed by atoms with Crippen molar-refractivity contribution in [2.75, 3.05) is 0 Å². The first-order chi connectivity index (χ1) is 11.9. The number of amides is 2. The van der Waals surface area contributed by atoms with Crippen LogP contribution in [0, 0.1) is 6.92 Å². The van der Waals surface area contributed by atoms with E-state index in [1.54, 1.807) is 4.90 Å². The largest absolute Gasteiger partial charge is 0.465 e. The van der Waals surface area contributed by atoms with E-state index in [1.807, 2.05) is 24.0 Å². The lowest BCUT2D eigenvalue weighted by atomic mass is 9.96. The third-order valence-corrected chi connectivity index (χ3v) is 5.96. The van der Waals surface area contributed by atoms with Gasteiger partial charge in [0.15, 0.2) is 5.78 Å². The van der Waals surface area contributed by atoms with E-state index in [1.165, 1.54) is 6.92 Å². The zero-order valence-electron chi connectivity index (χ0n) is 14.5. The van der Waals surface area contributed by atoms with Gasteiger partial charge in [0, 0.05) is 35.8 Å². The molecule has 25 heavy (non-hydrogen) atoms. The fourth-order valence-corrected chi connectivity index (χ4v) is 4.90. The number of rotatable bonds is 2.